The Morgan fingerprint density at radius 3 is 2.76 bits per heavy atom. The summed E-state index contributed by atoms with van der Waals surface area (Å²) in [4.78, 5) is 1.98. The topological polar surface area (TPSA) is 76.9 Å². The van der Waals surface area contributed by atoms with Crippen LogP contribution in [0.2, 0.25) is 0 Å². The smallest absolute Gasteiger partial charge is 0.241 e. The van der Waals surface area contributed by atoms with E-state index in [1.54, 1.807) is 24.3 Å². The molecule has 0 aliphatic carbocycles. The van der Waals surface area contributed by atoms with Crippen molar-refractivity contribution in [2.45, 2.75) is 49.4 Å². The summed E-state index contributed by atoms with van der Waals surface area (Å²) in [5, 5.41) is 0. The standard InChI is InChI=1S/C23H24F2N2O5S/c24-13-33(28,29)26-17-8-9-20-23-22(32-20)27(23)18(17)12-14-4-3-6-16(21(14)25)15-5-1-2-7-19(15)30-10-11-31-23/h1-7,17-18,20,22,26H,8-13H2/t17?,18?,20?,22?,23?,27-/m1/s1. The maximum Gasteiger partial charge on any atom is 0.241 e. The van der Waals surface area contributed by atoms with E-state index in [0.717, 1.165) is 0 Å². The van der Waals surface area contributed by atoms with Crippen molar-refractivity contribution in [3.8, 4) is 16.9 Å². The molecule has 6 rings (SSSR count). The van der Waals surface area contributed by atoms with Crippen molar-refractivity contribution >= 4 is 10.0 Å². The maximum atomic E-state index is 15.8. The molecule has 4 aliphatic rings. The average molecular weight is 479 g/mol. The molecule has 0 aromatic heterocycles. The highest BCUT2D eigenvalue weighted by atomic mass is 32.2. The molecule has 10 heteroatoms. The molecule has 33 heavy (non-hydrogen) atoms. The highest BCUT2D eigenvalue weighted by molar-refractivity contribution is 7.89. The van der Waals surface area contributed by atoms with Gasteiger partial charge in [0.2, 0.25) is 16.0 Å². The van der Waals surface area contributed by atoms with Gasteiger partial charge in [0.25, 0.3) is 0 Å². The fraction of sp³-hybridized carbons (Fsp3) is 0.478. The normalized spacial score (nSPS) is 34.7. The molecular formula is C23H24F2N2O5S. The van der Waals surface area contributed by atoms with E-state index in [4.69, 9.17) is 14.2 Å². The number of halogens is 2. The number of ether oxygens (including phenoxy) is 3. The first-order chi connectivity index (χ1) is 15.9. The molecule has 2 aromatic rings. The van der Waals surface area contributed by atoms with Crippen LogP contribution in [-0.4, -0.2) is 62.7 Å². The van der Waals surface area contributed by atoms with E-state index in [0.29, 0.717) is 41.9 Å². The SMILES string of the molecule is O=S(=O)(CF)NC1CCC2OC3[N@@]4C1Cc1cccc(c1F)-c1ccccc1OCCOC234. The lowest BCUT2D eigenvalue weighted by atomic mass is 9.93. The number of sulfonamides is 1. The van der Waals surface area contributed by atoms with Crippen LogP contribution in [0.4, 0.5) is 8.78 Å². The predicted molar refractivity (Wildman–Crippen MR) is 115 cm³/mol. The Balaban J connectivity index is 1.44. The van der Waals surface area contributed by atoms with Crippen molar-refractivity contribution in [1.29, 1.82) is 0 Å². The van der Waals surface area contributed by atoms with E-state index in [1.807, 2.05) is 23.1 Å². The Hall–Kier alpha value is -2.11. The Morgan fingerprint density at radius 2 is 1.91 bits per heavy atom. The summed E-state index contributed by atoms with van der Waals surface area (Å²) in [7, 11) is -4.10. The zero-order valence-electron chi connectivity index (χ0n) is 17.7. The minimum absolute atomic E-state index is 0.222. The summed E-state index contributed by atoms with van der Waals surface area (Å²) in [6, 6.07) is 9.91. The lowest BCUT2D eigenvalue weighted by molar-refractivity contribution is -0.198. The predicted octanol–water partition coefficient (Wildman–Crippen LogP) is 2.56. The van der Waals surface area contributed by atoms with E-state index < -0.39 is 33.8 Å². The first-order valence-corrected chi connectivity index (χ1v) is 12.7. The second kappa shape index (κ2) is 7.71. The minimum atomic E-state index is -4.10. The Kier molecular flexibility index (Phi) is 5.00. The van der Waals surface area contributed by atoms with Gasteiger partial charge in [-0.3, -0.25) is 0 Å². The largest absolute Gasteiger partial charge is 0.491 e. The molecule has 1 spiro atoms. The summed E-state index contributed by atoms with van der Waals surface area (Å²) in [5.74, 6) is 0.183. The third kappa shape index (κ3) is 3.30. The van der Waals surface area contributed by atoms with E-state index in [1.165, 1.54) is 0 Å². The van der Waals surface area contributed by atoms with Gasteiger partial charge in [0.1, 0.15) is 24.3 Å². The number of benzene rings is 2. The summed E-state index contributed by atoms with van der Waals surface area (Å²) in [5.41, 5.74) is 0.818. The van der Waals surface area contributed by atoms with Crippen molar-refractivity contribution in [3.05, 3.63) is 53.8 Å². The first kappa shape index (κ1) is 21.4. The van der Waals surface area contributed by atoms with Crippen LogP contribution in [0, 0.1) is 5.82 Å². The Labute approximate surface area is 190 Å². The van der Waals surface area contributed by atoms with Gasteiger partial charge in [-0.15, -0.1) is 0 Å². The Morgan fingerprint density at radius 1 is 1.09 bits per heavy atom. The van der Waals surface area contributed by atoms with Gasteiger partial charge in [-0.1, -0.05) is 36.4 Å². The number of alkyl halides is 1. The molecule has 1 N–H and O–H groups in total. The highest BCUT2D eigenvalue weighted by Gasteiger charge is 2.81. The van der Waals surface area contributed by atoms with Crippen LogP contribution in [0.3, 0.4) is 0 Å². The zero-order chi connectivity index (χ0) is 22.8. The number of nitrogens with one attached hydrogen (secondary N) is 1. The maximum absolute atomic E-state index is 15.8. The van der Waals surface area contributed by atoms with E-state index >= 15 is 4.39 Å². The van der Waals surface area contributed by atoms with Gasteiger partial charge < -0.3 is 14.2 Å². The summed E-state index contributed by atoms with van der Waals surface area (Å²) < 4.78 is 73.8. The van der Waals surface area contributed by atoms with Gasteiger partial charge in [-0.2, -0.15) is 0 Å². The fourth-order valence-corrected chi connectivity index (χ4v) is 6.40. The minimum Gasteiger partial charge on any atom is -0.491 e. The quantitative estimate of drug-likeness (QED) is 0.684. The van der Waals surface area contributed by atoms with Crippen LogP contribution < -0.4 is 9.46 Å². The van der Waals surface area contributed by atoms with Gasteiger partial charge in [0.15, 0.2) is 12.0 Å². The molecule has 3 saturated heterocycles. The summed E-state index contributed by atoms with van der Waals surface area (Å²) >= 11 is 0. The monoisotopic (exact) mass is 478 g/mol. The lowest BCUT2D eigenvalue weighted by Gasteiger charge is -2.33. The molecule has 3 fully saturated rings. The van der Waals surface area contributed by atoms with E-state index in [-0.39, 0.29) is 31.2 Å². The molecule has 176 valence electrons. The highest BCUT2D eigenvalue weighted by Crippen LogP contribution is 2.61. The third-order valence-electron chi connectivity index (χ3n) is 7.09. The molecule has 7 nitrogen and oxygen atoms in total. The third-order valence-corrected chi connectivity index (χ3v) is 8.04. The van der Waals surface area contributed by atoms with Crippen molar-refractivity contribution < 1.29 is 31.4 Å². The van der Waals surface area contributed by atoms with Crippen molar-refractivity contribution in [1.82, 2.24) is 9.62 Å². The molecule has 0 radical (unpaired) electrons. The fourth-order valence-electron chi connectivity index (χ4n) is 5.60. The van der Waals surface area contributed by atoms with Gasteiger partial charge in [0, 0.05) is 23.2 Å². The van der Waals surface area contributed by atoms with Gasteiger partial charge in [-0.25, -0.2) is 26.8 Å². The zero-order valence-corrected chi connectivity index (χ0v) is 18.6. The van der Waals surface area contributed by atoms with Crippen LogP contribution in [0.1, 0.15) is 18.4 Å². The van der Waals surface area contributed by atoms with Gasteiger partial charge >= 0.3 is 0 Å². The van der Waals surface area contributed by atoms with Crippen molar-refractivity contribution in [3.63, 3.8) is 0 Å². The lowest BCUT2D eigenvalue weighted by Crippen LogP contribution is -2.48. The van der Waals surface area contributed by atoms with E-state index in [2.05, 4.69) is 4.72 Å². The molecule has 0 amide bonds. The summed E-state index contributed by atoms with van der Waals surface area (Å²) in [6.45, 7) is 0.574. The molecule has 2 aromatic carbocycles. The second-order valence-corrected chi connectivity index (χ2v) is 10.6. The molecule has 5 unspecified atom stereocenters. The van der Waals surface area contributed by atoms with Gasteiger partial charge in [-0.05, 0) is 30.9 Å². The van der Waals surface area contributed by atoms with Crippen LogP contribution >= 0.6 is 0 Å². The molecule has 6 atom stereocenters. The van der Waals surface area contributed by atoms with Crippen LogP contribution in [0.15, 0.2) is 42.5 Å². The molecule has 4 bridgehead atoms. The van der Waals surface area contributed by atoms with Crippen LogP contribution in [0.25, 0.3) is 11.1 Å². The number of hydrogen-bond acceptors (Lipinski definition) is 6. The second-order valence-electron chi connectivity index (χ2n) is 8.90. The molecule has 4 aliphatic heterocycles. The van der Waals surface area contributed by atoms with Gasteiger partial charge in [0.05, 0.1) is 6.61 Å². The van der Waals surface area contributed by atoms with Crippen LogP contribution in [0.5, 0.6) is 5.75 Å². The molecular weight excluding hydrogens is 454 g/mol. The first-order valence-electron chi connectivity index (χ1n) is 11.1. The van der Waals surface area contributed by atoms with Crippen molar-refractivity contribution in [2.75, 3.05) is 19.2 Å². The molecule has 4 heterocycles. The molecule has 0 saturated carbocycles. The Bertz CT molecular complexity index is 1200. The van der Waals surface area contributed by atoms with E-state index in [9.17, 15) is 12.8 Å². The average Bonchev–Trinajstić information content (AvgIpc) is 3.33. The number of nitrogens with zero attached hydrogens (tertiary/aromatic N) is 1. The van der Waals surface area contributed by atoms with Crippen LogP contribution in [-0.2, 0) is 25.9 Å². The number of hydrogen-bond donors (Lipinski definition) is 1. The number of para-hydroxylation sites is 1. The number of rotatable bonds is 3. The number of fused-ring (bicyclic) bond motifs is 4. The summed E-state index contributed by atoms with van der Waals surface area (Å²) in [6.07, 6.45) is 0.656. The van der Waals surface area contributed by atoms with Crippen molar-refractivity contribution in [2.24, 2.45) is 0 Å².